The van der Waals surface area contributed by atoms with Crippen molar-refractivity contribution in [3.8, 4) is 22.8 Å². The van der Waals surface area contributed by atoms with Crippen molar-refractivity contribution in [1.29, 1.82) is 0 Å². The smallest absolute Gasteiger partial charge is 0.478 e. The van der Waals surface area contributed by atoms with Crippen LogP contribution in [0.15, 0.2) is 54.6 Å². The maximum absolute atomic E-state index is 13.3. The first-order valence-electron chi connectivity index (χ1n) is 10.2. The van der Waals surface area contributed by atoms with Crippen LogP contribution in [0.2, 0.25) is 0 Å². The highest BCUT2D eigenvalue weighted by molar-refractivity contribution is 6.01. The third kappa shape index (κ3) is 3.86. The molecule has 0 radical (unpaired) electrons. The van der Waals surface area contributed by atoms with Crippen LogP contribution in [0, 0.1) is 6.92 Å². The van der Waals surface area contributed by atoms with Crippen molar-refractivity contribution in [3.05, 3.63) is 71.3 Å². The number of carbonyl (C=O) groups excluding carboxylic acids is 1. The summed E-state index contributed by atoms with van der Waals surface area (Å²) in [7, 11) is 0. The minimum absolute atomic E-state index is 0. The summed E-state index contributed by atoms with van der Waals surface area (Å²) in [6, 6.07) is 14.2. The number of ether oxygens (including phenoxy) is 2. The average Bonchev–Trinajstić information content (AvgIpc) is 3.50. The molecule has 33 heavy (non-hydrogen) atoms. The molecule has 1 aliphatic heterocycles. The predicted octanol–water partition coefficient (Wildman–Crippen LogP) is 4.99. The number of amides is 1. The summed E-state index contributed by atoms with van der Waals surface area (Å²) < 4.78 is 35.6. The second kappa shape index (κ2) is 7.26. The van der Waals surface area contributed by atoms with Crippen molar-refractivity contribution < 1.29 is 34.4 Å². The number of hydrogen-bond donors (Lipinski definition) is 2. The fourth-order valence-electron chi connectivity index (χ4n) is 3.95. The molecular weight excluding hydrogens is 434 g/mol. The van der Waals surface area contributed by atoms with Crippen molar-refractivity contribution in [2.75, 3.05) is 5.32 Å². The molecular formula is C24H20F2N2O5. The van der Waals surface area contributed by atoms with E-state index < -0.39 is 17.7 Å². The third-order valence-electron chi connectivity index (χ3n) is 5.76. The lowest BCUT2D eigenvalue weighted by Gasteiger charge is -2.16. The van der Waals surface area contributed by atoms with Gasteiger partial charge < -0.3 is 19.9 Å². The van der Waals surface area contributed by atoms with E-state index in [0.717, 1.165) is 5.56 Å². The van der Waals surface area contributed by atoms with Crippen LogP contribution < -0.4 is 14.8 Å². The van der Waals surface area contributed by atoms with E-state index in [2.05, 4.69) is 19.8 Å². The molecule has 0 bridgehead atoms. The van der Waals surface area contributed by atoms with Gasteiger partial charge in [0.25, 0.3) is 0 Å². The Morgan fingerprint density at radius 2 is 1.82 bits per heavy atom. The number of pyridine rings is 1. The first kappa shape index (κ1) is 20.9. The Morgan fingerprint density at radius 1 is 1.06 bits per heavy atom. The standard InChI is InChI=1S/C24H18F2N2O5.H2/c1-13-9-17(14-3-2-4-15(11-14)21(29)30)27-20(10-13)28-22(31)23(7-8-23)16-5-6-18-19(12-16)33-24(25,26)32-18;/h2-6,9-12H,7-8H2,1H3,(H,29,30)(H,27,28,31);1H. The number of carboxylic acids is 1. The zero-order valence-electron chi connectivity index (χ0n) is 17.4. The largest absolute Gasteiger partial charge is 0.586 e. The van der Waals surface area contributed by atoms with Crippen molar-refractivity contribution in [2.24, 2.45) is 0 Å². The SMILES string of the molecule is Cc1cc(NC(=O)C2(c3ccc4c(c3)OC(F)(F)O4)CC2)nc(-c2cccc(C(=O)O)c2)c1.[HH]. The van der Waals surface area contributed by atoms with Gasteiger partial charge in [-0.15, -0.1) is 8.78 Å². The van der Waals surface area contributed by atoms with E-state index in [9.17, 15) is 23.5 Å². The number of nitrogens with one attached hydrogen (secondary N) is 1. The minimum Gasteiger partial charge on any atom is -0.478 e. The second-order valence-corrected chi connectivity index (χ2v) is 8.17. The van der Waals surface area contributed by atoms with Crippen LogP contribution >= 0.6 is 0 Å². The lowest BCUT2D eigenvalue weighted by atomic mass is 9.94. The van der Waals surface area contributed by atoms with Gasteiger partial charge in [-0.3, -0.25) is 4.79 Å². The van der Waals surface area contributed by atoms with E-state index in [1.807, 2.05) is 6.92 Å². The van der Waals surface area contributed by atoms with Crippen LogP contribution in [-0.2, 0) is 10.2 Å². The maximum Gasteiger partial charge on any atom is 0.586 e. The number of hydrogen-bond acceptors (Lipinski definition) is 5. The highest BCUT2D eigenvalue weighted by Crippen LogP contribution is 2.52. The van der Waals surface area contributed by atoms with Crippen molar-refractivity contribution in [3.63, 3.8) is 0 Å². The number of anilines is 1. The molecule has 2 N–H and O–H groups in total. The van der Waals surface area contributed by atoms with Crippen LogP contribution in [-0.4, -0.2) is 28.3 Å². The Hall–Kier alpha value is -4.01. The first-order chi connectivity index (χ1) is 15.6. The average molecular weight is 454 g/mol. The van der Waals surface area contributed by atoms with E-state index in [4.69, 9.17) is 0 Å². The summed E-state index contributed by atoms with van der Waals surface area (Å²) in [6.45, 7) is 1.84. The number of aryl methyl sites for hydroxylation is 1. The molecule has 0 saturated heterocycles. The Balaban J connectivity index is 0.00000274. The molecule has 1 aromatic heterocycles. The zero-order chi connectivity index (χ0) is 23.4. The molecule has 3 aromatic rings. The fourth-order valence-corrected chi connectivity index (χ4v) is 3.95. The number of benzene rings is 2. The number of alkyl halides is 2. The summed E-state index contributed by atoms with van der Waals surface area (Å²) in [6.07, 6.45) is -2.62. The van der Waals surface area contributed by atoms with Gasteiger partial charge in [-0.1, -0.05) is 18.2 Å². The summed E-state index contributed by atoms with van der Waals surface area (Å²) in [4.78, 5) is 29.0. The quantitative estimate of drug-likeness (QED) is 0.564. The van der Waals surface area contributed by atoms with Crippen LogP contribution in [0.4, 0.5) is 14.6 Å². The van der Waals surface area contributed by atoms with Crippen LogP contribution in [0.3, 0.4) is 0 Å². The summed E-state index contributed by atoms with van der Waals surface area (Å²) in [5, 5.41) is 12.1. The Bertz CT molecular complexity index is 1310. The fraction of sp³-hybridized carbons (Fsp3) is 0.208. The third-order valence-corrected chi connectivity index (χ3v) is 5.76. The number of nitrogens with zero attached hydrogens (tertiary/aromatic N) is 1. The molecule has 0 atom stereocenters. The van der Waals surface area contributed by atoms with Gasteiger partial charge in [0.15, 0.2) is 11.5 Å². The van der Waals surface area contributed by atoms with Gasteiger partial charge in [0.1, 0.15) is 5.82 Å². The van der Waals surface area contributed by atoms with E-state index >= 15 is 0 Å². The normalized spacial score (nSPS) is 16.8. The molecule has 1 aliphatic carbocycles. The van der Waals surface area contributed by atoms with Crippen molar-refractivity contribution >= 4 is 17.7 Å². The van der Waals surface area contributed by atoms with E-state index in [1.165, 1.54) is 24.3 Å². The molecule has 7 nitrogen and oxygen atoms in total. The number of carbonyl (C=O) groups is 2. The number of aromatic nitrogens is 1. The molecule has 2 heterocycles. The number of aromatic carboxylic acids is 1. The topological polar surface area (TPSA) is 97.8 Å². The molecule has 5 rings (SSSR count). The van der Waals surface area contributed by atoms with E-state index in [0.29, 0.717) is 35.5 Å². The number of rotatable bonds is 5. The van der Waals surface area contributed by atoms with Gasteiger partial charge >= 0.3 is 12.3 Å². The molecule has 170 valence electrons. The molecule has 2 aromatic carbocycles. The first-order valence-corrected chi connectivity index (χ1v) is 10.2. The molecule has 2 aliphatic rings. The zero-order valence-corrected chi connectivity index (χ0v) is 17.4. The minimum atomic E-state index is -3.72. The highest BCUT2D eigenvalue weighted by Gasteiger charge is 2.53. The molecule has 9 heteroatoms. The molecule has 0 unspecified atom stereocenters. The molecule has 0 spiro atoms. The van der Waals surface area contributed by atoms with Gasteiger partial charge in [0.05, 0.1) is 16.7 Å². The van der Waals surface area contributed by atoms with Gasteiger partial charge in [0.2, 0.25) is 5.91 Å². The van der Waals surface area contributed by atoms with E-state index in [1.54, 1.807) is 30.3 Å². The molecule has 1 amide bonds. The molecule has 1 fully saturated rings. The Kier molecular flexibility index (Phi) is 4.59. The van der Waals surface area contributed by atoms with E-state index in [-0.39, 0.29) is 24.4 Å². The van der Waals surface area contributed by atoms with Crippen LogP contribution in [0.5, 0.6) is 11.5 Å². The van der Waals surface area contributed by atoms with Crippen LogP contribution in [0.1, 0.15) is 35.8 Å². The van der Waals surface area contributed by atoms with Crippen molar-refractivity contribution in [2.45, 2.75) is 31.5 Å². The lowest BCUT2D eigenvalue weighted by Crippen LogP contribution is -2.28. The molecule has 1 saturated carbocycles. The predicted molar refractivity (Wildman–Crippen MR) is 116 cm³/mol. The van der Waals surface area contributed by atoms with Gasteiger partial charge in [0, 0.05) is 6.99 Å². The highest BCUT2D eigenvalue weighted by atomic mass is 19.3. The summed E-state index contributed by atoms with van der Waals surface area (Å²) in [5.41, 5.74) is 1.76. The maximum atomic E-state index is 13.3. The number of fused-ring (bicyclic) bond motifs is 1. The van der Waals surface area contributed by atoms with Gasteiger partial charge in [-0.2, -0.15) is 0 Å². The second-order valence-electron chi connectivity index (χ2n) is 8.17. The lowest BCUT2D eigenvalue weighted by molar-refractivity contribution is -0.286. The monoisotopic (exact) mass is 454 g/mol. The van der Waals surface area contributed by atoms with Gasteiger partial charge in [-0.25, -0.2) is 9.78 Å². The summed E-state index contributed by atoms with van der Waals surface area (Å²) in [5.74, 6) is -1.22. The Labute approximate surface area is 188 Å². The summed E-state index contributed by atoms with van der Waals surface area (Å²) >= 11 is 0. The van der Waals surface area contributed by atoms with Gasteiger partial charge in [-0.05, 0) is 67.3 Å². The number of halogens is 2. The number of carboxylic acid groups (broad SMARTS) is 1. The van der Waals surface area contributed by atoms with Crippen LogP contribution in [0.25, 0.3) is 11.3 Å². The van der Waals surface area contributed by atoms with Crippen molar-refractivity contribution in [1.82, 2.24) is 4.98 Å². The Morgan fingerprint density at radius 3 is 2.55 bits per heavy atom.